The number of nitrogens with zero attached hydrogens (tertiary/aromatic N) is 2. The van der Waals surface area contributed by atoms with Crippen molar-refractivity contribution in [3.05, 3.63) is 53.5 Å². The standard InChI is InChI=1S/C12H13N3/c1-9-6-10(8-15-12(9)13)7-11-4-2-3-5-14-11/h2-6,8H,7H2,1H3,(H2,13,15). The fourth-order valence-electron chi connectivity index (χ4n) is 1.45. The Morgan fingerprint density at radius 2 is 2.13 bits per heavy atom. The van der Waals surface area contributed by atoms with E-state index >= 15 is 0 Å². The van der Waals surface area contributed by atoms with E-state index < -0.39 is 0 Å². The van der Waals surface area contributed by atoms with Crippen molar-refractivity contribution in [2.24, 2.45) is 0 Å². The van der Waals surface area contributed by atoms with Gasteiger partial charge in [-0.3, -0.25) is 4.98 Å². The lowest BCUT2D eigenvalue weighted by Crippen LogP contribution is -1.97. The van der Waals surface area contributed by atoms with E-state index in [1.807, 2.05) is 25.1 Å². The van der Waals surface area contributed by atoms with Crippen LogP contribution in [0.4, 0.5) is 5.82 Å². The molecular weight excluding hydrogens is 186 g/mol. The molecule has 0 aliphatic heterocycles. The maximum Gasteiger partial charge on any atom is 0.126 e. The van der Waals surface area contributed by atoms with Crippen LogP contribution in [0.1, 0.15) is 16.8 Å². The highest BCUT2D eigenvalue weighted by molar-refractivity contribution is 5.40. The molecule has 76 valence electrons. The van der Waals surface area contributed by atoms with Gasteiger partial charge in [0.15, 0.2) is 0 Å². The number of hydrogen-bond acceptors (Lipinski definition) is 3. The number of aryl methyl sites for hydroxylation is 1. The van der Waals surface area contributed by atoms with Crippen molar-refractivity contribution < 1.29 is 0 Å². The Bertz CT molecular complexity index is 452. The van der Waals surface area contributed by atoms with Crippen molar-refractivity contribution in [2.75, 3.05) is 5.73 Å². The minimum absolute atomic E-state index is 0.597. The van der Waals surface area contributed by atoms with Gasteiger partial charge >= 0.3 is 0 Å². The molecule has 0 spiro atoms. The number of aromatic nitrogens is 2. The van der Waals surface area contributed by atoms with E-state index in [0.29, 0.717) is 5.82 Å². The van der Waals surface area contributed by atoms with E-state index in [1.54, 1.807) is 12.4 Å². The number of hydrogen-bond donors (Lipinski definition) is 1. The lowest BCUT2D eigenvalue weighted by molar-refractivity contribution is 1.05. The Balaban J connectivity index is 2.22. The summed E-state index contributed by atoms with van der Waals surface area (Å²) in [7, 11) is 0. The van der Waals surface area contributed by atoms with E-state index in [4.69, 9.17) is 5.73 Å². The van der Waals surface area contributed by atoms with Crippen LogP contribution >= 0.6 is 0 Å². The molecule has 0 bridgehead atoms. The third-order valence-corrected chi connectivity index (χ3v) is 2.29. The SMILES string of the molecule is Cc1cc(Cc2ccccn2)cnc1N. The topological polar surface area (TPSA) is 51.8 Å². The maximum atomic E-state index is 5.66. The molecule has 0 amide bonds. The Labute approximate surface area is 89.0 Å². The molecule has 2 aromatic heterocycles. The van der Waals surface area contributed by atoms with E-state index in [9.17, 15) is 0 Å². The molecular formula is C12H13N3. The number of anilines is 1. The third kappa shape index (κ3) is 2.31. The zero-order chi connectivity index (χ0) is 10.7. The van der Waals surface area contributed by atoms with Crippen LogP contribution in [-0.2, 0) is 6.42 Å². The van der Waals surface area contributed by atoms with Crippen molar-refractivity contribution in [3.63, 3.8) is 0 Å². The van der Waals surface area contributed by atoms with E-state index in [-0.39, 0.29) is 0 Å². The maximum absolute atomic E-state index is 5.66. The molecule has 0 aromatic carbocycles. The average molecular weight is 199 g/mol. The smallest absolute Gasteiger partial charge is 0.126 e. The lowest BCUT2D eigenvalue weighted by Gasteiger charge is -2.03. The first-order valence-electron chi connectivity index (χ1n) is 4.86. The third-order valence-electron chi connectivity index (χ3n) is 2.29. The van der Waals surface area contributed by atoms with Crippen LogP contribution < -0.4 is 5.73 Å². The first-order chi connectivity index (χ1) is 7.25. The van der Waals surface area contributed by atoms with Crippen LogP contribution in [0.25, 0.3) is 0 Å². The molecule has 0 saturated carbocycles. The van der Waals surface area contributed by atoms with Crippen LogP contribution in [0.3, 0.4) is 0 Å². The van der Waals surface area contributed by atoms with Crippen molar-refractivity contribution in [3.8, 4) is 0 Å². The van der Waals surface area contributed by atoms with Crippen LogP contribution in [0, 0.1) is 6.92 Å². The summed E-state index contributed by atoms with van der Waals surface area (Å²) in [5.74, 6) is 0.597. The number of nitrogens with two attached hydrogens (primary N) is 1. The molecule has 0 saturated heterocycles. The predicted molar refractivity (Wildman–Crippen MR) is 60.4 cm³/mol. The van der Waals surface area contributed by atoms with Crippen molar-refractivity contribution in [1.82, 2.24) is 9.97 Å². The minimum atomic E-state index is 0.597. The fourth-order valence-corrected chi connectivity index (χ4v) is 1.45. The molecule has 15 heavy (non-hydrogen) atoms. The van der Waals surface area contributed by atoms with Gasteiger partial charge in [0.05, 0.1) is 0 Å². The molecule has 0 radical (unpaired) electrons. The van der Waals surface area contributed by atoms with Gasteiger partial charge in [-0.1, -0.05) is 12.1 Å². The number of nitrogen functional groups attached to an aromatic ring is 1. The number of rotatable bonds is 2. The predicted octanol–water partition coefficient (Wildman–Crippen LogP) is 1.96. The van der Waals surface area contributed by atoms with Gasteiger partial charge in [-0.25, -0.2) is 4.98 Å². The van der Waals surface area contributed by atoms with Crippen LogP contribution in [0.15, 0.2) is 36.7 Å². The lowest BCUT2D eigenvalue weighted by atomic mass is 10.1. The van der Waals surface area contributed by atoms with Gasteiger partial charge in [-0.05, 0) is 30.2 Å². The first kappa shape index (κ1) is 9.65. The summed E-state index contributed by atoms with van der Waals surface area (Å²) in [4.78, 5) is 8.39. The minimum Gasteiger partial charge on any atom is -0.383 e. The van der Waals surface area contributed by atoms with Crippen molar-refractivity contribution in [1.29, 1.82) is 0 Å². The van der Waals surface area contributed by atoms with E-state index in [0.717, 1.165) is 23.2 Å². The molecule has 2 rings (SSSR count). The normalized spacial score (nSPS) is 10.2. The summed E-state index contributed by atoms with van der Waals surface area (Å²) in [6, 6.07) is 7.96. The highest BCUT2D eigenvalue weighted by atomic mass is 14.8. The van der Waals surface area contributed by atoms with Crippen LogP contribution in [0.5, 0.6) is 0 Å². The highest BCUT2D eigenvalue weighted by Crippen LogP contribution is 2.11. The van der Waals surface area contributed by atoms with Gasteiger partial charge in [0.1, 0.15) is 5.82 Å². The Morgan fingerprint density at radius 1 is 1.27 bits per heavy atom. The summed E-state index contributed by atoms with van der Waals surface area (Å²) in [6.07, 6.45) is 4.40. The van der Waals surface area contributed by atoms with Gasteiger partial charge in [0.25, 0.3) is 0 Å². The van der Waals surface area contributed by atoms with Gasteiger partial charge in [-0.2, -0.15) is 0 Å². The second kappa shape index (κ2) is 4.09. The summed E-state index contributed by atoms with van der Waals surface area (Å²) in [5, 5.41) is 0. The largest absolute Gasteiger partial charge is 0.383 e. The quantitative estimate of drug-likeness (QED) is 0.804. The zero-order valence-electron chi connectivity index (χ0n) is 8.64. The molecule has 2 aromatic rings. The van der Waals surface area contributed by atoms with Gasteiger partial charge in [0, 0.05) is 24.5 Å². The summed E-state index contributed by atoms with van der Waals surface area (Å²) in [6.45, 7) is 1.96. The summed E-state index contributed by atoms with van der Waals surface area (Å²) in [5.41, 5.74) is 8.86. The summed E-state index contributed by atoms with van der Waals surface area (Å²) < 4.78 is 0. The molecule has 0 fully saturated rings. The fraction of sp³-hybridized carbons (Fsp3) is 0.167. The van der Waals surface area contributed by atoms with E-state index in [2.05, 4.69) is 16.0 Å². The molecule has 3 heteroatoms. The average Bonchev–Trinajstić information content (AvgIpc) is 2.25. The monoisotopic (exact) mass is 199 g/mol. The van der Waals surface area contributed by atoms with Gasteiger partial charge < -0.3 is 5.73 Å². The molecule has 0 unspecified atom stereocenters. The van der Waals surface area contributed by atoms with Crippen LogP contribution in [-0.4, -0.2) is 9.97 Å². The molecule has 0 aliphatic carbocycles. The molecule has 0 atom stereocenters. The first-order valence-corrected chi connectivity index (χ1v) is 4.86. The molecule has 2 heterocycles. The molecule has 2 N–H and O–H groups in total. The summed E-state index contributed by atoms with van der Waals surface area (Å²) >= 11 is 0. The second-order valence-electron chi connectivity index (χ2n) is 3.54. The highest BCUT2D eigenvalue weighted by Gasteiger charge is 2.00. The Kier molecular flexibility index (Phi) is 2.63. The van der Waals surface area contributed by atoms with E-state index in [1.165, 1.54) is 0 Å². The molecule has 3 nitrogen and oxygen atoms in total. The zero-order valence-corrected chi connectivity index (χ0v) is 8.64. The second-order valence-corrected chi connectivity index (χ2v) is 3.54. The number of pyridine rings is 2. The van der Waals surface area contributed by atoms with Gasteiger partial charge in [-0.15, -0.1) is 0 Å². The van der Waals surface area contributed by atoms with Crippen molar-refractivity contribution in [2.45, 2.75) is 13.3 Å². The van der Waals surface area contributed by atoms with Crippen molar-refractivity contribution >= 4 is 5.82 Å². The Hall–Kier alpha value is -1.90. The van der Waals surface area contributed by atoms with Crippen LogP contribution in [0.2, 0.25) is 0 Å². The molecule has 0 aliphatic rings. The Morgan fingerprint density at radius 3 is 2.80 bits per heavy atom. The van der Waals surface area contributed by atoms with Gasteiger partial charge in [0.2, 0.25) is 0 Å².